The monoisotopic (exact) mass is 222 g/mol. The van der Waals surface area contributed by atoms with Crippen molar-refractivity contribution in [3.63, 3.8) is 0 Å². The van der Waals surface area contributed by atoms with Gasteiger partial charge in [-0.2, -0.15) is 0 Å². The van der Waals surface area contributed by atoms with Crippen LogP contribution in [-0.2, 0) is 0 Å². The van der Waals surface area contributed by atoms with E-state index < -0.39 is 0 Å². The Bertz CT molecular complexity index is 262. The van der Waals surface area contributed by atoms with Crippen LogP contribution in [0.5, 0.6) is 0 Å². The summed E-state index contributed by atoms with van der Waals surface area (Å²) in [6.45, 7) is 4.63. The van der Waals surface area contributed by atoms with Crippen molar-refractivity contribution in [3.05, 3.63) is 0 Å². The first-order valence-corrected chi connectivity index (χ1v) is 7.33. The Balaban J connectivity index is 1.73. The average Bonchev–Trinajstić information content (AvgIpc) is 2.84. The normalized spacial score (nSPS) is 56.8. The lowest BCUT2D eigenvalue weighted by atomic mass is 9.66. The molecule has 92 valence electrons. The maximum absolute atomic E-state index is 10.4. The van der Waals surface area contributed by atoms with E-state index >= 15 is 0 Å². The maximum atomic E-state index is 10.4. The first-order valence-electron chi connectivity index (χ1n) is 7.33. The van der Waals surface area contributed by atoms with Gasteiger partial charge in [0.1, 0.15) is 0 Å². The summed E-state index contributed by atoms with van der Waals surface area (Å²) in [5, 5.41) is 10.4. The van der Waals surface area contributed by atoms with Crippen LogP contribution in [0, 0.1) is 35.5 Å². The molecular formula is C15H26O. The van der Waals surface area contributed by atoms with Crippen molar-refractivity contribution in [2.45, 2.75) is 58.5 Å². The van der Waals surface area contributed by atoms with Crippen molar-refractivity contribution in [1.29, 1.82) is 0 Å². The van der Waals surface area contributed by atoms with E-state index in [4.69, 9.17) is 0 Å². The third kappa shape index (κ3) is 1.72. The van der Waals surface area contributed by atoms with Crippen LogP contribution in [0.2, 0.25) is 0 Å². The molecule has 0 aromatic carbocycles. The van der Waals surface area contributed by atoms with Crippen LogP contribution < -0.4 is 0 Å². The molecule has 0 amide bonds. The predicted molar refractivity (Wildman–Crippen MR) is 66.0 cm³/mol. The molecule has 3 rings (SSSR count). The Morgan fingerprint density at radius 1 is 0.875 bits per heavy atom. The van der Waals surface area contributed by atoms with Gasteiger partial charge in [0, 0.05) is 0 Å². The molecule has 0 aromatic rings. The first-order chi connectivity index (χ1) is 7.65. The predicted octanol–water partition coefficient (Wildman–Crippen LogP) is 3.47. The quantitative estimate of drug-likeness (QED) is 0.720. The minimum absolute atomic E-state index is 0.000509. The fourth-order valence-electron chi connectivity index (χ4n) is 5.14. The zero-order valence-electron chi connectivity index (χ0n) is 10.7. The van der Waals surface area contributed by atoms with Gasteiger partial charge in [-0.05, 0) is 67.6 Å². The molecule has 3 saturated carbocycles. The van der Waals surface area contributed by atoms with Crippen LogP contribution >= 0.6 is 0 Å². The molecule has 0 aliphatic heterocycles. The maximum Gasteiger partial charge on any atom is 0.0596 e. The van der Waals surface area contributed by atoms with Crippen molar-refractivity contribution < 1.29 is 5.11 Å². The van der Waals surface area contributed by atoms with E-state index in [0.29, 0.717) is 11.8 Å². The van der Waals surface area contributed by atoms with E-state index in [1.54, 1.807) is 0 Å². The molecule has 2 bridgehead atoms. The van der Waals surface area contributed by atoms with Crippen molar-refractivity contribution in [2.24, 2.45) is 35.5 Å². The third-order valence-electron chi connectivity index (χ3n) is 5.81. The van der Waals surface area contributed by atoms with Gasteiger partial charge in [0.05, 0.1) is 6.10 Å². The fraction of sp³-hybridized carbons (Fsp3) is 1.00. The lowest BCUT2D eigenvalue weighted by Crippen LogP contribution is -2.40. The Morgan fingerprint density at radius 3 is 2.31 bits per heavy atom. The standard InChI is InChI=1S/C15H26O/c1-9-5-10(2)15(16)14(6-9)13-8-11-3-4-12(13)7-11/h9-16H,3-8H2,1-2H3/t9-,10-,11+,12+,13+,14-,15-/m0/s1. The Labute approximate surface area is 99.6 Å². The number of rotatable bonds is 1. The summed E-state index contributed by atoms with van der Waals surface area (Å²) in [7, 11) is 0. The van der Waals surface area contributed by atoms with Crippen molar-refractivity contribution in [1.82, 2.24) is 0 Å². The molecule has 0 heterocycles. The van der Waals surface area contributed by atoms with Gasteiger partial charge in [-0.25, -0.2) is 0 Å². The Kier molecular flexibility index (Phi) is 2.78. The van der Waals surface area contributed by atoms with Gasteiger partial charge < -0.3 is 5.11 Å². The molecule has 1 heteroatoms. The fourth-order valence-corrected chi connectivity index (χ4v) is 5.14. The largest absolute Gasteiger partial charge is 0.393 e. The molecule has 0 saturated heterocycles. The second-order valence-electron chi connectivity index (χ2n) is 7.05. The van der Waals surface area contributed by atoms with Crippen LogP contribution in [0.4, 0.5) is 0 Å². The summed E-state index contributed by atoms with van der Waals surface area (Å²) >= 11 is 0. The number of aliphatic hydroxyl groups excluding tert-OH is 1. The minimum Gasteiger partial charge on any atom is -0.393 e. The lowest BCUT2D eigenvalue weighted by molar-refractivity contribution is -0.0312. The molecule has 7 atom stereocenters. The molecule has 0 spiro atoms. The highest BCUT2D eigenvalue weighted by atomic mass is 16.3. The summed E-state index contributed by atoms with van der Waals surface area (Å²) in [6.07, 6.45) is 8.39. The molecule has 16 heavy (non-hydrogen) atoms. The van der Waals surface area contributed by atoms with Gasteiger partial charge >= 0.3 is 0 Å². The molecule has 0 aromatic heterocycles. The molecular weight excluding hydrogens is 196 g/mol. The molecule has 0 radical (unpaired) electrons. The first kappa shape index (κ1) is 11.1. The molecule has 3 fully saturated rings. The summed E-state index contributed by atoms with van der Waals surface area (Å²) in [4.78, 5) is 0. The van der Waals surface area contributed by atoms with Gasteiger partial charge in [-0.3, -0.25) is 0 Å². The van der Waals surface area contributed by atoms with Crippen LogP contribution in [0.15, 0.2) is 0 Å². The van der Waals surface area contributed by atoms with Crippen molar-refractivity contribution in [2.75, 3.05) is 0 Å². The highest BCUT2D eigenvalue weighted by Gasteiger charge is 2.47. The van der Waals surface area contributed by atoms with Crippen LogP contribution in [0.3, 0.4) is 0 Å². The summed E-state index contributed by atoms with van der Waals surface area (Å²) in [6, 6.07) is 0. The summed E-state index contributed by atoms with van der Waals surface area (Å²) < 4.78 is 0. The topological polar surface area (TPSA) is 20.2 Å². The second kappa shape index (κ2) is 4.01. The van der Waals surface area contributed by atoms with Gasteiger partial charge in [0.15, 0.2) is 0 Å². The van der Waals surface area contributed by atoms with Gasteiger partial charge in [0.2, 0.25) is 0 Å². The number of hydrogen-bond donors (Lipinski definition) is 1. The smallest absolute Gasteiger partial charge is 0.0596 e. The van der Waals surface area contributed by atoms with E-state index in [1.807, 2.05) is 0 Å². The minimum atomic E-state index is 0.000509. The van der Waals surface area contributed by atoms with E-state index in [1.165, 1.54) is 38.5 Å². The second-order valence-corrected chi connectivity index (χ2v) is 7.05. The Hall–Kier alpha value is -0.0400. The summed E-state index contributed by atoms with van der Waals surface area (Å²) in [5.41, 5.74) is 0. The van der Waals surface area contributed by atoms with Crippen LogP contribution in [0.25, 0.3) is 0 Å². The third-order valence-corrected chi connectivity index (χ3v) is 5.81. The SMILES string of the molecule is C[C@@H]1C[C@@H]([C@@H]2C[C@@H]3CC[C@@H]2C3)[C@@H](O)[C@@H](C)C1. The van der Waals surface area contributed by atoms with Gasteiger partial charge in [-0.1, -0.05) is 20.3 Å². The zero-order valence-corrected chi connectivity index (χ0v) is 10.7. The molecule has 1 N–H and O–H groups in total. The van der Waals surface area contributed by atoms with Crippen molar-refractivity contribution >= 4 is 0 Å². The summed E-state index contributed by atoms with van der Waals surface area (Å²) in [5.74, 6) is 4.88. The molecule has 3 aliphatic rings. The van der Waals surface area contributed by atoms with E-state index in [-0.39, 0.29) is 6.10 Å². The van der Waals surface area contributed by atoms with E-state index in [2.05, 4.69) is 13.8 Å². The number of aliphatic hydroxyl groups is 1. The van der Waals surface area contributed by atoms with E-state index in [0.717, 1.165) is 23.7 Å². The van der Waals surface area contributed by atoms with E-state index in [9.17, 15) is 5.11 Å². The zero-order chi connectivity index (χ0) is 11.3. The van der Waals surface area contributed by atoms with Gasteiger partial charge in [0.25, 0.3) is 0 Å². The lowest BCUT2D eigenvalue weighted by Gasteiger charge is -2.42. The van der Waals surface area contributed by atoms with Crippen molar-refractivity contribution in [3.8, 4) is 0 Å². The Morgan fingerprint density at radius 2 is 1.69 bits per heavy atom. The molecule has 3 aliphatic carbocycles. The molecule has 1 nitrogen and oxygen atoms in total. The van der Waals surface area contributed by atoms with Crippen LogP contribution in [-0.4, -0.2) is 11.2 Å². The highest BCUT2D eigenvalue weighted by Crippen LogP contribution is 2.54. The van der Waals surface area contributed by atoms with Crippen LogP contribution in [0.1, 0.15) is 52.4 Å². The number of hydrogen-bond acceptors (Lipinski definition) is 1. The average molecular weight is 222 g/mol. The number of fused-ring (bicyclic) bond motifs is 2. The van der Waals surface area contributed by atoms with Gasteiger partial charge in [-0.15, -0.1) is 0 Å². The highest BCUT2D eigenvalue weighted by molar-refractivity contribution is 4.97. The molecule has 0 unspecified atom stereocenters.